The second kappa shape index (κ2) is 7.97. The van der Waals surface area contributed by atoms with Crippen molar-refractivity contribution in [2.75, 3.05) is 19.8 Å². The largest absolute Gasteiger partial charge is 0.611 e. The highest BCUT2D eigenvalue weighted by Crippen LogP contribution is 2.15. The summed E-state index contributed by atoms with van der Waals surface area (Å²) < 4.78 is 56.4. The van der Waals surface area contributed by atoms with Crippen molar-refractivity contribution in [1.82, 2.24) is 4.39 Å². The minimum Gasteiger partial charge on any atom is -0.361 e. The number of hydrogen-bond acceptors (Lipinski definition) is 5. The van der Waals surface area contributed by atoms with Crippen LogP contribution in [0.25, 0.3) is 0 Å². The lowest BCUT2D eigenvalue weighted by molar-refractivity contribution is 0.0671. The van der Waals surface area contributed by atoms with Gasteiger partial charge >= 0.3 is 8.97 Å². The Balaban J connectivity index is 3.10. The Morgan fingerprint density at radius 1 is 1.10 bits per heavy atom. The molecule has 21 heavy (non-hydrogen) atoms. The lowest BCUT2D eigenvalue weighted by Crippen LogP contribution is -2.60. The molecule has 6 nitrogen and oxygen atoms in total. The van der Waals surface area contributed by atoms with E-state index in [1.165, 1.54) is 12.1 Å². The van der Waals surface area contributed by atoms with Crippen molar-refractivity contribution in [3.05, 3.63) is 30.1 Å². The molecule has 120 valence electrons. The second-order valence-electron chi connectivity index (χ2n) is 3.92. The summed E-state index contributed by atoms with van der Waals surface area (Å²) in [6.45, 7) is 5.77. The van der Waals surface area contributed by atoms with Crippen molar-refractivity contribution >= 4 is 19.0 Å². The molecule has 0 unspecified atom stereocenters. The van der Waals surface area contributed by atoms with E-state index >= 15 is 0 Å². The molecule has 0 radical (unpaired) electrons. The maximum atomic E-state index is 13.2. The van der Waals surface area contributed by atoms with E-state index in [4.69, 9.17) is 13.3 Å². The zero-order valence-electron chi connectivity index (χ0n) is 12.3. The summed E-state index contributed by atoms with van der Waals surface area (Å²) in [5.41, 5.74) is 0. The summed E-state index contributed by atoms with van der Waals surface area (Å²) in [5.74, 6) is -0.644. The van der Waals surface area contributed by atoms with Gasteiger partial charge < -0.3 is 13.3 Å². The first kappa shape index (κ1) is 18.2. The predicted octanol–water partition coefficient (Wildman–Crippen LogP) is 1.65. The van der Waals surface area contributed by atoms with Gasteiger partial charge in [0, 0.05) is 19.8 Å². The van der Waals surface area contributed by atoms with E-state index in [0.29, 0.717) is 0 Å². The standard InChI is InChI=1S/C12H20FNO5SSi/c1-4-17-21(18-5-2,19-6-3)14-20(15,16)12-9-7-8-11(13)10-12/h7-10,14H,4-6H2,1-3H3. The van der Waals surface area contributed by atoms with Gasteiger partial charge in [0.1, 0.15) is 5.82 Å². The van der Waals surface area contributed by atoms with Gasteiger partial charge in [-0.05, 0) is 39.0 Å². The van der Waals surface area contributed by atoms with Gasteiger partial charge in [0.05, 0.1) is 4.90 Å². The fraction of sp³-hybridized carbons (Fsp3) is 0.500. The van der Waals surface area contributed by atoms with Crippen molar-refractivity contribution in [2.24, 2.45) is 0 Å². The van der Waals surface area contributed by atoms with Gasteiger partial charge in [0.15, 0.2) is 0 Å². The number of rotatable bonds is 9. The lowest BCUT2D eigenvalue weighted by atomic mass is 10.4. The zero-order valence-corrected chi connectivity index (χ0v) is 14.1. The van der Waals surface area contributed by atoms with Crippen molar-refractivity contribution in [1.29, 1.82) is 0 Å². The maximum absolute atomic E-state index is 13.2. The Hall–Kier alpha value is -0.843. The number of sulfonamides is 1. The lowest BCUT2D eigenvalue weighted by Gasteiger charge is -2.27. The molecule has 0 saturated heterocycles. The van der Waals surface area contributed by atoms with Gasteiger partial charge in [-0.1, -0.05) is 6.07 Å². The van der Waals surface area contributed by atoms with E-state index in [1.54, 1.807) is 20.8 Å². The molecule has 0 saturated carbocycles. The monoisotopic (exact) mass is 337 g/mol. The molecule has 0 bridgehead atoms. The van der Waals surface area contributed by atoms with E-state index in [1.807, 2.05) is 0 Å². The van der Waals surface area contributed by atoms with Crippen molar-refractivity contribution in [2.45, 2.75) is 25.7 Å². The average Bonchev–Trinajstić information content (AvgIpc) is 2.39. The maximum Gasteiger partial charge on any atom is 0.611 e. The highest BCUT2D eigenvalue weighted by atomic mass is 32.2. The molecule has 1 aromatic rings. The third-order valence-corrected chi connectivity index (χ3v) is 7.32. The number of halogens is 1. The summed E-state index contributed by atoms with van der Waals surface area (Å²) in [6, 6.07) is 4.69. The molecule has 0 fully saturated rings. The molecular weight excluding hydrogens is 317 g/mol. The van der Waals surface area contributed by atoms with Crippen LogP contribution < -0.4 is 4.39 Å². The normalized spacial score (nSPS) is 12.6. The fourth-order valence-corrected chi connectivity index (χ4v) is 6.05. The van der Waals surface area contributed by atoms with Crippen LogP contribution in [-0.2, 0) is 23.3 Å². The van der Waals surface area contributed by atoms with Crippen molar-refractivity contribution in [3.63, 3.8) is 0 Å². The first-order valence-electron chi connectivity index (χ1n) is 6.60. The summed E-state index contributed by atoms with van der Waals surface area (Å²) in [5, 5.41) is 0. The quantitative estimate of drug-likeness (QED) is 0.694. The van der Waals surface area contributed by atoms with Gasteiger partial charge in [-0.2, -0.15) is 4.39 Å². The summed E-state index contributed by atoms with van der Waals surface area (Å²) in [6.07, 6.45) is 0. The molecule has 1 N–H and O–H groups in total. The van der Waals surface area contributed by atoms with Gasteiger partial charge in [-0.3, -0.25) is 0 Å². The van der Waals surface area contributed by atoms with Crippen LogP contribution in [0.2, 0.25) is 0 Å². The summed E-state index contributed by atoms with van der Waals surface area (Å²) >= 11 is 0. The number of hydrogen-bond donors (Lipinski definition) is 1. The Morgan fingerprint density at radius 3 is 2.05 bits per heavy atom. The highest BCUT2D eigenvalue weighted by Gasteiger charge is 2.46. The molecule has 9 heteroatoms. The molecule has 0 aliphatic heterocycles. The van der Waals surface area contributed by atoms with Crippen LogP contribution in [-0.4, -0.2) is 37.2 Å². The molecule has 0 aromatic heterocycles. The van der Waals surface area contributed by atoms with E-state index < -0.39 is 24.8 Å². The number of benzene rings is 1. The summed E-state index contributed by atoms with van der Waals surface area (Å²) in [4.78, 5) is -0.210. The molecule has 1 aromatic carbocycles. The smallest absolute Gasteiger partial charge is 0.361 e. The molecular formula is C12H20FNO5SSi. The zero-order chi connectivity index (χ0) is 15.9. The molecule has 0 aliphatic rings. The minimum absolute atomic E-state index is 0.210. The van der Waals surface area contributed by atoms with Crippen LogP contribution in [0.4, 0.5) is 4.39 Å². The minimum atomic E-state index is -4.01. The second-order valence-corrected chi connectivity index (χ2v) is 8.19. The van der Waals surface area contributed by atoms with Crippen molar-refractivity contribution in [3.8, 4) is 0 Å². The Bertz CT molecular complexity index is 537. The predicted molar refractivity (Wildman–Crippen MR) is 77.4 cm³/mol. The topological polar surface area (TPSA) is 73.9 Å². The molecule has 0 atom stereocenters. The number of nitrogens with one attached hydrogen (secondary N) is 1. The van der Waals surface area contributed by atoms with E-state index in [9.17, 15) is 12.8 Å². The van der Waals surface area contributed by atoms with Crippen LogP contribution in [0, 0.1) is 5.82 Å². The van der Waals surface area contributed by atoms with E-state index in [2.05, 4.69) is 4.39 Å². The third-order valence-electron chi connectivity index (χ3n) is 2.37. The van der Waals surface area contributed by atoms with Crippen LogP contribution in [0.5, 0.6) is 0 Å². The first-order chi connectivity index (χ1) is 9.89. The van der Waals surface area contributed by atoms with Crippen LogP contribution >= 0.6 is 0 Å². The summed E-state index contributed by atoms with van der Waals surface area (Å²) in [7, 11) is -7.60. The first-order valence-corrected chi connectivity index (χ1v) is 9.81. The van der Waals surface area contributed by atoms with Gasteiger partial charge in [0.2, 0.25) is 10.0 Å². The van der Waals surface area contributed by atoms with Crippen LogP contribution in [0.1, 0.15) is 20.8 Å². The van der Waals surface area contributed by atoms with Crippen molar-refractivity contribution < 1.29 is 26.1 Å². The third kappa shape index (κ3) is 5.13. The Kier molecular flexibility index (Phi) is 6.91. The molecule has 0 heterocycles. The fourth-order valence-electron chi connectivity index (χ4n) is 1.64. The molecule has 0 spiro atoms. The Morgan fingerprint density at radius 2 is 1.62 bits per heavy atom. The van der Waals surface area contributed by atoms with Gasteiger partial charge in [-0.25, -0.2) is 12.8 Å². The average molecular weight is 337 g/mol. The van der Waals surface area contributed by atoms with Gasteiger partial charge in [0.25, 0.3) is 0 Å². The van der Waals surface area contributed by atoms with E-state index in [0.717, 1.165) is 12.1 Å². The molecule has 0 amide bonds. The van der Waals surface area contributed by atoms with Crippen LogP contribution in [0.15, 0.2) is 29.2 Å². The Labute approximate surface area is 125 Å². The van der Waals surface area contributed by atoms with Gasteiger partial charge in [-0.15, -0.1) is 0 Å². The molecule has 0 aliphatic carbocycles. The highest BCUT2D eigenvalue weighted by molar-refractivity contribution is 7.90. The van der Waals surface area contributed by atoms with Crippen LogP contribution in [0.3, 0.4) is 0 Å². The molecule has 1 rings (SSSR count). The SMILES string of the molecule is CCO[Si](NS(=O)(=O)c1cccc(F)c1)(OCC)OCC. The van der Waals surface area contributed by atoms with E-state index in [-0.39, 0.29) is 24.7 Å².